The van der Waals surface area contributed by atoms with Crippen molar-refractivity contribution in [2.45, 2.75) is 208 Å². The highest BCUT2D eigenvalue weighted by Crippen LogP contribution is 2.29. The predicted octanol–water partition coefficient (Wildman–Crippen LogP) is 10.2. The molecule has 35 heteroatoms. The van der Waals surface area contributed by atoms with Gasteiger partial charge in [0.2, 0.25) is 29.5 Å². The largest absolute Gasteiger partial charge is 0.370 e. The first-order valence-electron chi connectivity index (χ1n) is 35.8. The van der Waals surface area contributed by atoms with Gasteiger partial charge in [0.25, 0.3) is 55.7 Å². The van der Waals surface area contributed by atoms with E-state index in [0.29, 0.717) is 58.8 Å². The summed E-state index contributed by atoms with van der Waals surface area (Å²) in [5.74, 6) is -4.55. The third kappa shape index (κ3) is 45.9. The molecule has 612 valence electrons. The second-order valence-electron chi connectivity index (χ2n) is 27.1. The number of nitrogens with one attached hydrogen (secondary N) is 10. The number of carbonyl (C=O) groups excluding carboxylic acids is 15. The van der Waals surface area contributed by atoms with Crippen molar-refractivity contribution < 1.29 is 71.9 Å². The molecule has 15 amide bonds. The van der Waals surface area contributed by atoms with Gasteiger partial charge in [-0.05, 0) is 209 Å². The van der Waals surface area contributed by atoms with E-state index in [0.717, 1.165) is 71.7 Å². The number of nitrogens with two attached hydrogens (primary N) is 5. The van der Waals surface area contributed by atoms with Crippen molar-refractivity contribution >= 4 is 144 Å². The molecule has 0 aliphatic carbocycles. The van der Waals surface area contributed by atoms with Gasteiger partial charge in [-0.15, -0.1) is 0 Å². The number of primary amides is 5. The molecule has 0 aliphatic rings. The van der Waals surface area contributed by atoms with Gasteiger partial charge in [0.1, 0.15) is 12.1 Å². The lowest BCUT2D eigenvalue weighted by molar-refractivity contribution is -0.120. The minimum atomic E-state index is -0.783. The molecule has 0 fully saturated rings. The van der Waals surface area contributed by atoms with E-state index in [-0.39, 0.29) is 106 Å². The number of thioether (sulfide) groups is 5. The van der Waals surface area contributed by atoms with Gasteiger partial charge in [-0.2, -0.15) is 0 Å². The average molecular weight is 1650 g/mol. The van der Waals surface area contributed by atoms with Gasteiger partial charge in [-0.25, -0.2) is 0 Å². The molecule has 20 N–H and O–H groups in total. The van der Waals surface area contributed by atoms with Crippen molar-refractivity contribution in [2.24, 2.45) is 28.7 Å². The van der Waals surface area contributed by atoms with Gasteiger partial charge in [-0.1, -0.05) is 99.7 Å². The maximum Gasteiger partial charge on any atom is 0.284 e. The topological polar surface area (TPSA) is 506 Å². The summed E-state index contributed by atoms with van der Waals surface area (Å²) in [4.78, 5) is 177. The monoisotopic (exact) mass is 1640 g/mol. The normalized spacial score (nSPS) is 11.1. The summed E-state index contributed by atoms with van der Waals surface area (Å²) in [6, 6.07) is 32.4. The molecular weight excluding hydrogens is 1540 g/mol. The highest BCUT2D eigenvalue weighted by molar-refractivity contribution is 8.14. The van der Waals surface area contributed by atoms with E-state index in [1.165, 1.54) is 39.5 Å². The van der Waals surface area contributed by atoms with Gasteiger partial charge in [-0.3, -0.25) is 71.9 Å². The van der Waals surface area contributed by atoms with Crippen LogP contribution in [0.25, 0.3) is 0 Å². The predicted molar refractivity (Wildman–Crippen MR) is 443 cm³/mol. The summed E-state index contributed by atoms with van der Waals surface area (Å²) in [6.45, 7) is 25.1. The number of rotatable bonds is 32. The summed E-state index contributed by atoms with van der Waals surface area (Å²) >= 11 is 4.80. The standard InChI is InChI=1S/C19H29N3O3S.2C15H21N3O3S.2C14H19N3O3S/c1-2-3-4-5-6-9-13-22-19(25)26-16-11-8-7-10-15(16)18(24)21-14-12-17(20)23;1-9(12(16)19)17-13(20)10-7-5-6-8-11(10)22-14(21)18-15(2,3)4;1-15(2,3)18-14(21)22-11-7-5-4-6-10(11)13(20)17-9-8-12(16)19;1-8(2)16-14(20)21-11-7-5-4-6-10(11)13(19)17-9(3)12(15)18;1-9(2)17-14(20)21-11-6-4-3-5-10(11)13(19)16-8-7-12(15)18/h7-8,10-11H,2-6,9,12-14H2,1H3,(H2,20,23)(H,21,24)(H,22,25);5-9H,1-4H3,(H2,16,19)(H,17,20)(H,18,21);4-7H,8-9H2,1-3H3,(H2,16,19)(H,17,20)(H,18,21);4-9H,1-3H3,(H2,15,18)(H,16,20)(H,17,19);3-6,9H,7-8H2,1-2H3,(H2,15,18)(H,16,19)(H,17,20)/t;9-;;9-;/m.1.0./s1. The molecule has 0 aliphatic heterocycles. The van der Waals surface area contributed by atoms with Gasteiger partial charge in [0.05, 0.1) is 27.8 Å². The molecule has 5 rings (SSSR count). The Hall–Kier alpha value is -10.1. The van der Waals surface area contributed by atoms with Crippen molar-refractivity contribution in [3.05, 3.63) is 149 Å². The molecule has 0 saturated heterocycles. The third-order valence-corrected chi connectivity index (χ3v) is 18.1. The first-order valence-corrected chi connectivity index (χ1v) is 39.9. The highest BCUT2D eigenvalue weighted by atomic mass is 32.2. The zero-order chi connectivity index (χ0) is 84.7. The molecule has 2 atom stereocenters. The molecule has 0 unspecified atom stereocenters. The Morgan fingerprint density at radius 1 is 0.312 bits per heavy atom. The first kappa shape index (κ1) is 99.9. The number of hydrogen-bond donors (Lipinski definition) is 15. The molecule has 5 aromatic rings. The van der Waals surface area contributed by atoms with E-state index in [1.54, 1.807) is 121 Å². The SMILES string of the molecule is CC(C)(C)NC(=O)Sc1ccccc1C(=O)NCCC(N)=O.CC(C)NC(=O)Sc1ccccc1C(=O)NCCC(N)=O.CC(C)NC(=O)Sc1ccccc1C(=O)N[C@@H](C)C(N)=O.CCCCCCCCNC(=O)Sc1ccccc1C(=O)NCCC(N)=O.C[C@@H](NC(=O)c1ccccc1SC(=O)NC(C)(C)C)C(N)=O. The number of carbonyl (C=O) groups is 15. The fraction of sp³-hybridized carbons (Fsp3) is 0.416. The Kier molecular flexibility index (Phi) is 47.9. The lowest BCUT2D eigenvalue weighted by Crippen LogP contribution is -2.42. The number of benzene rings is 5. The molecule has 0 saturated carbocycles. The lowest BCUT2D eigenvalue weighted by atomic mass is 10.1. The molecule has 0 radical (unpaired) electrons. The van der Waals surface area contributed by atoms with Gasteiger partial charge in [0, 0.05) is 93.1 Å². The van der Waals surface area contributed by atoms with E-state index < -0.39 is 53.4 Å². The Morgan fingerprint density at radius 2 is 0.562 bits per heavy atom. The number of unbranched alkanes of at least 4 members (excludes halogenated alkanes) is 5. The number of hydrogen-bond acceptors (Lipinski definition) is 20. The van der Waals surface area contributed by atoms with Crippen LogP contribution in [0, 0.1) is 0 Å². The fourth-order valence-electron chi connectivity index (χ4n) is 8.42. The van der Waals surface area contributed by atoms with E-state index in [1.807, 2.05) is 69.2 Å². The molecule has 112 heavy (non-hydrogen) atoms. The van der Waals surface area contributed by atoms with Crippen LogP contribution in [0.3, 0.4) is 0 Å². The van der Waals surface area contributed by atoms with Crippen LogP contribution in [0.15, 0.2) is 146 Å². The average Bonchev–Trinajstić information content (AvgIpc) is 0.863. The Bertz CT molecular complexity index is 3980. The van der Waals surface area contributed by atoms with Crippen LogP contribution in [-0.2, 0) is 24.0 Å². The summed E-state index contributed by atoms with van der Waals surface area (Å²) in [5.41, 5.74) is 26.5. The zero-order valence-corrected chi connectivity index (χ0v) is 69.7. The van der Waals surface area contributed by atoms with Crippen LogP contribution >= 0.6 is 58.8 Å². The molecule has 0 bridgehead atoms. The van der Waals surface area contributed by atoms with Gasteiger partial charge >= 0.3 is 0 Å². The third-order valence-electron chi connectivity index (χ3n) is 13.8. The van der Waals surface area contributed by atoms with Crippen molar-refractivity contribution in [3.63, 3.8) is 0 Å². The first-order chi connectivity index (χ1) is 52.5. The maximum atomic E-state index is 12.2. The second kappa shape index (κ2) is 53.7. The smallest absolute Gasteiger partial charge is 0.284 e. The van der Waals surface area contributed by atoms with Crippen LogP contribution in [0.1, 0.15) is 200 Å². The van der Waals surface area contributed by atoms with Gasteiger partial charge in [0.15, 0.2) is 0 Å². The molecule has 0 heterocycles. The van der Waals surface area contributed by atoms with E-state index >= 15 is 0 Å². The van der Waals surface area contributed by atoms with Crippen LogP contribution in [0.5, 0.6) is 0 Å². The molecule has 0 spiro atoms. The summed E-state index contributed by atoms with van der Waals surface area (Å²) in [5, 5.41) is 25.7. The van der Waals surface area contributed by atoms with E-state index in [2.05, 4.69) is 60.1 Å². The van der Waals surface area contributed by atoms with Crippen LogP contribution in [0.4, 0.5) is 24.0 Å². The van der Waals surface area contributed by atoms with E-state index in [9.17, 15) is 71.9 Å². The van der Waals surface area contributed by atoms with Crippen molar-refractivity contribution in [3.8, 4) is 0 Å². The Labute approximate surface area is 676 Å². The summed E-state index contributed by atoms with van der Waals surface area (Å²) < 4.78 is 0. The van der Waals surface area contributed by atoms with Crippen molar-refractivity contribution in [2.75, 3.05) is 26.2 Å². The minimum Gasteiger partial charge on any atom is -0.370 e. The Morgan fingerprint density at radius 3 is 0.821 bits per heavy atom. The maximum absolute atomic E-state index is 12.2. The Balaban J connectivity index is 0.000000702. The minimum absolute atomic E-state index is 0.0147. The van der Waals surface area contributed by atoms with Crippen LogP contribution < -0.4 is 81.8 Å². The van der Waals surface area contributed by atoms with Crippen molar-refractivity contribution in [1.29, 1.82) is 0 Å². The molecule has 5 aromatic carbocycles. The molecule has 0 aromatic heterocycles. The van der Waals surface area contributed by atoms with Crippen LogP contribution in [-0.4, -0.2) is 147 Å². The fourth-order valence-corrected chi connectivity index (χ4v) is 13.0. The number of amides is 15. The summed E-state index contributed by atoms with van der Waals surface area (Å²) in [6.07, 6.45) is 7.25. The summed E-state index contributed by atoms with van der Waals surface area (Å²) in [7, 11) is 0. The molecular formula is C77H109N15O15S5. The van der Waals surface area contributed by atoms with Crippen molar-refractivity contribution in [1.82, 2.24) is 53.2 Å². The highest BCUT2D eigenvalue weighted by Gasteiger charge is 2.24. The van der Waals surface area contributed by atoms with Gasteiger partial charge < -0.3 is 81.8 Å². The van der Waals surface area contributed by atoms with Crippen LogP contribution in [0.2, 0.25) is 0 Å². The second-order valence-corrected chi connectivity index (χ2v) is 32.2. The molecule has 30 nitrogen and oxygen atoms in total. The zero-order valence-electron chi connectivity index (χ0n) is 65.6. The van der Waals surface area contributed by atoms with E-state index in [4.69, 9.17) is 28.7 Å². The lowest BCUT2D eigenvalue weighted by Gasteiger charge is -2.20. The quantitative estimate of drug-likeness (QED) is 0.0140.